The van der Waals surface area contributed by atoms with Gasteiger partial charge in [0.1, 0.15) is 0 Å². The number of sulfonamides is 1. The van der Waals surface area contributed by atoms with Gasteiger partial charge in [-0.25, -0.2) is 13.1 Å². The summed E-state index contributed by atoms with van der Waals surface area (Å²) in [5, 5.41) is 0.0482. The summed E-state index contributed by atoms with van der Waals surface area (Å²) in [5.74, 6) is -0.140. The van der Waals surface area contributed by atoms with E-state index >= 15 is 0 Å². The molecule has 0 spiro atoms. The molecule has 1 amide bonds. The summed E-state index contributed by atoms with van der Waals surface area (Å²) in [5.41, 5.74) is 1.37. The molecule has 1 aromatic carbocycles. The zero-order chi connectivity index (χ0) is 15.6. The molecule has 0 aliphatic carbocycles. The molecule has 21 heavy (non-hydrogen) atoms. The molecule has 116 valence electrons. The second kappa shape index (κ2) is 6.34. The number of hydrogen-bond donors (Lipinski definition) is 1. The fourth-order valence-electron chi connectivity index (χ4n) is 2.52. The number of halogens is 1. The van der Waals surface area contributed by atoms with Gasteiger partial charge in [-0.2, -0.15) is 0 Å². The fourth-order valence-corrected chi connectivity index (χ4v) is 4.18. The summed E-state index contributed by atoms with van der Waals surface area (Å²) < 4.78 is 26.5. The van der Waals surface area contributed by atoms with Crippen molar-refractivity contribution in [3.63, 3.8) is 0 Å². The van der Waals surface area contributed by atoms with Gasteiger partial charge in [-0.05, 0) is 37.1 Å². The molecule has 1 saturated heterocycles. The maximum absolute atomic E-state index is 12.5. The zero-order valence-corrected chi connectivity index (χ0v) is 13.7. The average molecular weight is 331 g/mol. The van der Waals surface area contributed by atoms with Crippen LogP contribution in [0.5, 0.6) is 0 Å². The normalized spacial score (nSPS) is 19.0. The molecule has 5 nitrogen and oxygen atoms in total. The molecular weight excluding hydrogens is 312 g/mol. The predicted molar refractivity (Wildman–Crippen MR) is 83.1 cm³/mol. The lowest BCUT2D eigenvalue weighted by Gasteiger charge is -2.18. The van der Waals surface area contributed by atoms with E-state index < -0.39 is 15.3 Å². The highest BCUT2D eigenvalue weighted by atomic mass is 35.5. The molecule has 1 aliphatic heterocycles. The van der Waals surface area contributed by atoms with Gasteiger partial charge in [0.25, 0.3) is 5.91 Å². The van der Waals surface area contributed by atoms with E-state index in [4.69, 9.17) is 11.6 Å². The van der Waals surface area contributed by atoms with Crippen molar-refractivity contribution in [2.45, 2.75) is 25.5 Å². The van der Waals surface area contributed by atoms with E-state index in [1.807, 2.05) is 6.92 Å². The number of benzene rings is 1. The van der Waals surface area contributed by atoms with Crippen LogP contribution in [0.1, 0.15) is 29.3 Å². The first-order valence-corrected chi connectivity index (χ1v) is 8.81. The molecule has 0 radical (unpaired) electrons. The van der Waals surface area contributed by atoms with Crippen LogP contribution < -0.4 is 4.72 Å². The summed E-state index contributed by atoms with van der Waals surface area (Å²) in [6, 6.07) is 5.09. The maximum Gasteiger partial charge on any atom is 0.254 e. The van der Waals surface area contributed by atoms with Crippen LogP contribution in [0.4, 0.5) is 0 Å². The van der Waals surface area contributed by atoms with Crippen molar-refractivity contribution in [3.8, 4) is 0 Å². The highest BCUT2D eigenvalue weighted by molar-refractivity contribution is 7.90. The molecule has 0 bridgehead atoms. The Bertz CT molecular complexity index is 646. The third-order valence-corrected chi connectivity index (χ3v) is 5.82. The van der Waals surface area contributed by atoms with Crippen LogP contribution in [-0.2, 0) is 10.0 Å². The van der Waals surface area contributed by atoms with Gasteiger partial charge in [-0.3, -0.25) is 4.79 Å². The van der Waals surface area contributed by atoms with Gasteiger partial charge in [0.2, 0.25) is 10.0 Å². The van der Waals surface area contributed by atoms with Crippen LogP contribution in [0.15, 0.2) is 18.2 Å². The third-order valence-electron chi connectivity index (χ3n) is 3.64. The number of likely N-dealkylation sites (tertiary alicyclic amines) is 1. The molecular formula is C14H19ClN2O3S. The third kappa shape index (κ3) is 3.56. The molecule has 1 heterocycles. The molecule has 1 atom stereocenters. The summed E-state index contributed by atoms with van der Waals surface area (Å²) in [4.78, 5) is 14.1. The lowest BCUT2D eigenvalue weighted by Crippen LogP contribution is -2.37. The van der Waals surface area contributed by atoms with Gasteiger partial charge in [0.05, 0.1) is 5.25 Å². The lowest BCUT2D eigenvalue weighted by atomic mass is 10.1. The number of hydrogen-bond acceptors (Lipinski definition) is 3. The Morgan fingerprint density at radius 1 is 1.48 bits per heavy atom. The van der Waals surface area contributed by atoms with Gasteiger partial charge < -0.3 is 4.90 Å². The second-order valence-corrected chi connectivity index (χ2v) is 7.65. The van der Waals surface area contributed by atoms with Crippen LogP contribution in [0, 0.1) is 6.92 Å². The van der Waals surface area contributed by atoms with Crippen molar-refractivity contribution < 1.29 is 13.2 Å². The summed E-state index contributed by atoms with van der Waals surface area (Å²) >= 11 is 5.89. The topological polar surface area (TPSA) is 66.5 Å². The summed E-state index contributed by atoms with van der Waals surface area (Å²) in [6.45, 7) is 4.62. The molecule has 7 heteroatoms. The predicted octanol–water partition coefficient (Wildman–Crippen LogP) is 1.80. The minimum Gasteiger partial charge on any atom is -0.337 e. The molecule has 1 aromatic rings. The van der Waals surface area contributed by atoms with Gasteiger partial charge in [0, 0.05) is 30.2 Å². The quantitative estimate of drug-likeness (QED) is 0.915. The van der Waals surface area contributed by atoms with E-state index in [0.29, 0.717) is 30.1 Å². The van der Waals surface area contributed by atoms with Gasteiger partial charge in [-0.1, -0.05) is 18.5 Å². The minimum atomic E-state index is -3.34. The number of nitrogens with zero attached hydrogens (tertiary/aromatic N) is 1. The smallest absolute Gasteiger partial charge is 0.254 e. The standard InChI is InChI=1S/C14H19ClN2O3S/c1-3-16-21(19,20)12-6-7-17(9-12)14(18)13-5-4-11(15)8-10(13)2/h4-5,8,12,16H,3,6-7,9H2,1-2H3/t12-/m1/s1. The van der Waals surface area contributed by atoms with Crippen LogP contribution >= 0.6 is 11.6 Å². The van der Waals surface area contributed by atoms with E-state index in [1.54, 1.807) is 30.0 Å². The highest BCUT2D eigenvalue weighted by Gasteiger charge is 2.35. The molecule has 1 N–H and O–H groups in total. The van der Waals surface area contributed by atoms with Crippen molar-refractivity contribution in [2.75, 3.05) is 19.6 Å². The molecule has 1 aliphatic rings. The largest absolute Gasteiger partial charge is 0.337 e. The van der Waals surface area contributed by atoms with E-state index in [9.17, 15) is 13.2 Å². The van der Waals surface area contributed by atoms with Crippen molar-refractivity contribution in [1.82, 2.24) is 9.62 Å². The Kier molecular flexibility index (Phi) is 4.91. The van der Waals surface area contributed by atoms with Crippen LogP contribution in [0.2, 0.25) is 5.02 Å². The Morgan fingerprint density at radius 3 is 2.81 bits per heavy atom. The molecule has 0 aromatic heterocycles. The average Bonchev–Trinajstić information content (AvgIpc) is 2.88. The van der Waals surface area contributed by atoms with E-state index in [2.05, 4.69) is 4.72 Å². The van der Waals surface area contributed by atoms with Gasteiger partial charge in [-0.15, -0.1) is 0 Å². The molecule has 2 rings (SSSR count). The molecule has 0 unspecified atom stereocenters. The van der Waals surface area contributed by atoms with Crippen molar-refractivity contribution >= 4 is 27.5 Å². The fraction of sp³-hybridized carbons (Fsp3) is 0.500. The number of amides is 1. The Hall–Kier alpha value is -1.11. The molecule has 1 fully saturated rings. The number of carbonyl (C=O) groups is 1. The van der Waals surface area contributed by atoms with Crippen LogP contribution in [0.25, 0.3) is 0 Å². The SMILES string of the molecule is CCNS(=O)(=O)[C@@H]1CCN(C(=O)c2ccc(Cl)cc2C)C1. The number of aryl methyl sites for hydroxylation is 1. The second-order valence-electron chi connectivity index (χ2n) is 5.16. The van der Waals surface area contributed by atoms with Crippen LogP contribution in [0.3, 0.4) is 0 Å². The Labute approximate surface area is 130 Å². The van der Waals surface area contributed by atoms with Crippen LogP contribution in [-0.4, -0.2) is 44.1 Å². The number of carbonyl (C=O) groups excluding carboxylic acids is 1. The monoisotopic (exact) mass is 330 g/mol. The van der Waals surface area contributed by atoms with Gasteiger partial charge in [0.15, 0.2) is 0 Å². The van der Waals surface area contributed by atoms with Crippen molar-refractivity contribution in [3.05, 3.63) is 34.3 Å². The maximum atomic E-state index is 12.5. The minimum absolute atomic E-state index is 0.140. The first-order chi connectivity index (χ1) is 9.85. The highest BCUT2D eigenvalue weighted by Crippen LogP contribution is 2.21. The lowest BCUT2D eigenvalue weighted by molar-refractivity contribution is 0.0792. The van der Waals surface area contributed by atoms with Crippen molar-refractivity contribution in [1.29, 1.82) is 0 Å². The van der Waals surface area contributed by atoms with Crippen molar-refractivity contribution in [2.24, 2.45) is 0 Å². The first-order valence-electron chi connectivity index (χ1n) is 6.89. The van der Waals surface area contributed by atoms with Gasteiger partial charge >= 0.3 is 0 Å². The van der Waals surface area contributed by atoms with E-state index in [0.717, 1.165) is 5.56 Å². The Morgan fingerprint density at radius 2 is 2.19 bits per heavy atom. The first kappa shape index (κ1) is 16.3. The molecule has 0 saturated carbocycles. The summed E-state index contributed by atoms with van der Waals surface area (Å²) in [7, 11) is -3.34. The number of rotatable bonds is 4. The number of nitrogens with one attached hydrogen (secondary N) is 1. The Balaban J connectivity index is 2.12. The zero-order valence-electron chi connectivity index (χ0n) is 12.1. The van der Waals surface area contributed by atoms with E-state index in [-0.39, 0.29) is 12.5 Å². The summed E-state index contributed by atoms with van der Waals surface area (Å²) in [6.07, 6.45) is 0.466. The van der Waals surface area contributed by atoms with E-state index in [1.165, 1.54) is 0 Å².